The molecule has 178 valence electrons. The van der Waals surface area contributed by atoms with Crippen molar-refractivity contribution in [2.75, 3.05) is 12.3 Å². The normalized spacial score (nSPS) is 12.5. The first-order valence-electron chi connectivity index (χ1n) is 11.1. The Bertz CT molecular complexity index is 1180. The molecule has 7 heteroatoms. The molecule has 5 nitrogen and oxygen atoms in total. The quantitative estimate of drug-likeness (QED) is 0.253. The number of ether oxygens (including phenoxy) is 1. The van der Waals surface area contributed by atoms with E-state index < -0.39 is 5.54 Å². The molecular formula is C27H29Cl2N3O2. The lowest BCUT2D eigenvalue weighted by molar-refractivity contribution is 0.306. The summed E-state index contributed by atoms with van der Waals surface area (Å²) < 4.78 is 8.02. The van der Waals surface area contributed by atoms with E-state index in [1.807, 2.05) is 60.9 Å². The summed E-state index contributed by atoms with van der Waals surface area (Å²) >= 11 is 6.22. The molecular weight excluding hydrogens is 469 g/mol. The van der Waals surface area contributed by atoms with Gasteiger partial charge in [-0.05, 0) is 66.1 Å². The van der Waals surface area contributed by atoms with Gasteiger partial charge in [0.05, 0.1) is 12.3 Å². The zero-order valence-electron chi connectivity index (χ0n) is 19.0. The molecule has 0 bridgehead atoms. The third kappa shape index (κ3) is 5.01. The summed E-state index contributed by atoms with van der Waals surface area (Å²) in [5.41, 5.74) is 7.81. The maximum atomic E-state index is 10.0. The first-order valence-corrected chi connectivity index (χ1v) is 11.5. The highest BCUT2D eigenvalue weighted by atomic mass is 35.5. The fraction of sp³-hybridized carbons (Fsp3) is 0.222. The average Bonchev–Trinajstić information content (AvgIpc) is 3.37. The van der Waals surface area contributed by atoms with Crippen LogP contribution < -0.4 is 10.5 Å². The summed E-state index contributed by atoms with van der Waals surface area (Å²) in [7, 11) is 0. The van der Waals surface area contributed by atoms with E-state index in [4.69, 9.17) is 22.1 Å². The lowest BCUT2D eigenvalue weighted by Crippen LogP contribution is -2.38. The third-order valence-corrected chi connectivity index (χ3v) is 6.07. The number of nitrogen functional groups attached to an aromatic ring is 1. The van der Waals surface area contributed by atoms with Crippen LogP contribution in [0.3, 0.4) is 0 Å². The second-order valence-corrected chi connectivity index (χ2v) is 8.42. The highest BCUT2D eigenvalue weighted by Crippen LogP contribution is 2.42. The van der Waals surface area contributed by atoms with Crippen LogP contribution in [-0.4, -0.2) is 21.3 Å². The van der Waals surface area contributed by atoms with Crippen molar-refractivity contribution in [2.24, 2.45) is 0 Å². The minimum atomic E-state index is -0.837. The fourth-order valence-corrected chi connectivity index (χ4v) is 4.27. The Labute approximate surface area is 211 Å². The second kappa shape index (κ2) is 11.3. The van der Waals surface area contributed by atoms with E-state index in [9.17, 15) is 5.11 Å². The number of hydrogen-bond acceptors (Lipinski definition) is 4. The summed E-state index contributed by atoms with van der Waals surface area (Å²) in [6.07, 6.45) is 7.33. The Morgan fingerprint density at radius 2 is 1.56 bits per heavy atom. The summed E-state index contributed by atoms with van der Waals surface area (Å²) in [6, 6.07) is 23.1. The molecule has 0 saturated heterocycles. The Morgan fingerprint density at radius 1 is 0.941 bits per heavy atom. The average molecular weight is 498 g/mol. The van der Waals surface area contributed by atoms with Crippen molar-refractivity contribution in [2.45, 2.75) is 31.7 Å². The van der Waals surface area contributed by atoms with Crippen LogP contribution in [0, 0.1) is 0 Å². The van der Waals surface area contributed by atoms with Crippen molar-refractivity contribution < 1.29 is 9.84 Å². The number of pyridine rings is 1. The lowest BCUT2D eigenvalue weighted by Gasteiger charge is -2.37. The number of nitrogens with zero attached hydrogens (tertiary/aromatic N) is 2. The molecule has 2 heterocycles. The Kier molecular flexibility index (Phi) is 8.48. The second-order valence-electron chi connectivity index (χ2n) is 7.99. The summed E-state index contributed by atoms with van der Waals surface area (Å²) in [4.78, 5) is 4.61. The van der Waals surface area contributed by atoms with Gasteiger partial charge in [-0.3, -0.25) is 0 Å². The largest absolute Gasteiger partial charge is 0.504 e. The number of halogens is 2. The zero-order valence-corrected chi connectivity index (χ0v) is 20.6. The number of benzene rings is 2. The number of nitrogens with two attached hydrogens (primary N) is 1. The molecule has 0 aliphatic heterocycles. The number of hydrogen-bond donors (Lipinski definition) is 2. The Balaban J connectivity index is 0.00000324. The molecule has 4 aromatic rings. The van der Waals surface area contributed by atoms with Crippen LogP contribution in [0.4, 0.5) is 5.82 Å². The van der Waals surface area contributed by atoms with E-state index in [2.05, 4.69) is 28.6 Å². The molecule has 0 fully saturated rings. The first-order chi connectivity index (χ1) is 16.1. The van der Waals surface area contributed by atoms with Crippen LogP contribution in [0.25, 0.3) is 0 Å². The molecule has 0 radical (unpaired) electrons. The molecule has 3 N–H and O–H groups in total. The number of rotatable bonds is 9. The third-order valence-electron chi connectivity index (χ3n) is 5.82. The smallest absolute Gasteiger partial charge is 0.166 e. The molecule has 1 unspecified atom stereocenters. The van der Waals surface area contributed by atoms with Crippen molar-refractivity contribution in [1.82, 2.24) is 9.55 Å². The highest BCUT2D eigenvalue weighted by Gasteiger charge is 2.39. The molecule has 0 aliphatic rings. The molecule has 34 heavy (non-hydrogen) atoms. The Hall–Kier alpha value is -3.15. The van der Waals surface area contributed by atoms with Gasteiger partial charge in [-0.1, -0.05) is 55.6 Å². The van der Waals surface area contributed by atoms with E-state index in [0.29, 0.717) is 17.3 Å². The maximum absolute atomic E-state index is 10.0. The first kappa shape index (κ1) is 25.5. The van der Waals surface area contributed by atoms with Crippen molar-refractivity contribution >= 4 is 29.8 Å². The van der Waals surface area contributed by atoms with Gasteiger partial charge < -0.3 is 20.1 Å². The summed E-state index contributed by atoms with van der Waals surface area (Å²) in [6.45, 7) is 2.87. The van der Waals surface area contributed by atoms with E-state index in [1.165, 1.54) is 0 Å². The van der Waals surface area contributed by atoms with Crippen LogP contribution in [0.2, 0.25) is 5.02 Å². The SMILES string of the molecule is CCCCCOc1ccc(C(c2ccc(Cl)cc2)(c2ccc(O)c(N)n2)n2cccc2)cc1.Cl. The molecule has 2 aromatic carbocycles. The standard InChI is InChI=1S/C27H28ClN3O2.ClH/c1-2-3-6-19-33-23-13-9-21(10-14-23)27(31-17-4-5-18-31,20-7-11-22(28)12-8-20)25-16-15-24(32)26(29)30-25;/h4-5,7-18,32H,2-3,6,19H2,1H3,(H2,29,30);1H. The molecule has 0 spiro atoms. The van der Waals surface area contributed by atoms with Gasteiger partial charge in [0, 0.05) is 17.4 Å². The van der Waals surface area contributed by atoms with Crippen molar-refractivity contribution in [3.8, 4) is 11.5 Å². The zero-order chi connectivity index (χ0) is 23.3. The van der Waals surface area contributed by atoms with Gasteiger partial charge in [0.2, 0.25) is 0 Å². The molecule has 1 atom stereocenters. The van der Waals surface area contributed by atoms with Gasteiger partial charge in [0.15, 0.2) is 11.6 Å². The van der Waals surface area contributed by atoms with Crippen LogP contribution in [0.15, 0.2) is 85.2 Å². The predicted molar refractivity (Wildman–Crippen MR) is 140 cm³/mol. The van der Waals surface area contributed by atoms with Gasteiger partial charge in [0.1, 0.15) is 11.3 Å². The molecule has 2 aromatic heterocycles. The van der Waals surface area contributed by atoms with Gasteiger partial charge in [-0.25, -0.2) is 4.98 Å². The van der Waals surface area contributed by atoms with Gasteiger partial charge >= 0.3 is 0 Å². The van der Waals surface area contributed by atoms with E-state index in [1.54, 1.807) is 12.1 Å². The summed E-state index contributed by atoms with van der Waals surface area (Å²) in [5.74, 6) is 0.853. The highest BCUT2D eigenvalue weighted by molar-refractivity contribution is 6.30. The molecule has 0 amide bonds. The molecule has 4 rings (SSSR count). The van der Waals surface area contributed by atoms with Crippen molar-refractivity contribution in [3.05, 3.63) is 107 Å². The van der Waals surface area contributed by atoms with Gasteiger partial charge in [-0.2, -0.15) is 0 Å². The Morgan fingerprint density at radius 3 is 2.15 bits per heavy atom. The van der Waals surface area contributed by atoms with Crippen LogP contribution in [-0.2, 0) is 5.54 Å². The van der Waals surface area contributed by atoms with Gasteiger partial charge in [0.25, 0.3) is 0 Å². The topological polar surface area (TPSA) is 73.3 Å². The molecule has 0 saturated carbocycles. The predicted octanol–water partition coefficient (Wildman–Crippen LogP) is 6.66. The number of aromatic hydroxyl groups is 1. The fourth-order valence-electron chi connectivity index (χ4n) is 4.15. The van der Waals surface area contributed by atoms with Gasteiger partial charge in [-0.15, -0.1) is 12.4 Å². The van der Waals surface area contributed by atoms with Crippen LogP contribution in [0.5, 0.6) is 11.5 Å². The minimum absolute atomic E-state index is 0. The van der Waals surface area contributed by atoms with Crippen LogP contribution >= 0.6 is 24.0 Å². The minimum Gasteiger partial charge on any atom is -0.504 e. The van der Waals surface area contributed by atoms with Crippen molar-refractivity contribution in [3.63, 3.8) is 0 Å². The lowest BCUT2D eigenvalue weighted by atomic mass is 9.79. The van der Waals surface area contributed by atoms with Crippen molar-refractivity contribution in [1.29, 1.82) is 0 Å². The number of anilines is 1. The monoisotopic (exact) mass is 497 g/mol. The van der Waals surface area contributed by atoms with E-state index in [-0.39, 0.29) is 24.0 Å². The van der Waals surface area contributed by atoms with E-state index in [0.717, 1.165) is 36.1 Å². The van der Waals surface area contributed by atoms with Crippen LogP contribution in [0.1, 0.15) is 43.0 Å². The van der Waals surface area contributed by atoms with E-state index >= 15 is 0 Å². The number of unbranched alkanes of at least 4 members (excludes halogenated alkanes) is 2. The molecule has 0 aliphatic carbocycles. The maximum Gasteiger partial charge on any atom is 0.166 e. The summed E-state index contributed by atoms with van der Waals surface area (Å²) in [5, 5.41) is 10.7. The number of aromatic nitrogens is 2.